The summed E-state index contributed by atoms with van der Waals surface area (Å²) >= 11 is 11.8. The van der Waals surface area contributed by atoms with Crippen molar-refractivity contribution in [1.82, 2.24) is 0 Å². The Morgan fingerprint density at radius 1 is 1.09 bits per heavy atom. The van der Waals surface area contributed by atoms with E-state index in [4.69, 9.17) is 32.7 Å². The van der Waals surface area contributed by atoms with Gasteiger partial charge in [-0.1, -0.05) is 23.2 Å². The van der Waals surface area contributed by atoms with Gasteiger partial charge in [0.25, 0.3) is 5.91 Å². The first kappa shape index (κ1) is 16.5. The van der Waals surface area contributed by atoms with Gasteiger partial charge in [0.1, 0.15) is 11.5 Å². The van der Waals surface area contributed by atoms with Crippen LogP contribution in [-0.4, -0.2) is 19.1 Å². The van der Waals surface area contributed by atoms with Crippen molar-refractivity contribution in [1.29, 1.82) is 0 Å². The highest BCUT2D eigenvalue weighted by Gasteiger charge is 2.16. The van der Waals surface area contributed by atoms with Gasteiger partial charge in [-0.05, 0) is 49.4 Å². The average molecular weight is 340 g/mol. The minimum absolute atomic E-state index is 0.306. The summed E-state index contributed by atoms with van der Waals surface area (Å²) in [6, 6.07) is 11.8. The largest absolute Gasteiger partial charge is 0.497 e. The Hall–Kier alpha value is -1.91. The summed E-state index contributed by atoms with van der Waals surface area (Å²) in [5.41, 5.74) is 0.487. The van der Waals surface area contributed by atoms with E-state index in [-0.39, 0.29) is 5.91 Å². The number of nitrogens with one attached hydrogen (secondary N) is 1. The second kappa shape index (κ2) is 7.38. The Bertz CT molecular complexity index is 659. The zero-order valence-electron chi connectivity index (χ0n) is 12.1. The summed E-state index contributed by atoms with van der Waals surface area (Å²) in [7, 11) is 1.59. The quantitative estimate of drug-likeness (QED) is 0.877. The molecule has 2 rings (SSSR count). The van der Waals surface area contributed by atoms with E-state index in [2.05, 4.69) is 5.32 Å². The number of ether oxygens (including phenoxy) is 2. The number of hydrogen-bond donors (Lipinski definition) is 1. The summed E-state index contributed by atoms with van der Waals surface area (Å²) in [6.45, 7) is 1.66. The van der Waals surface area contributed by atoms with Crippen LogP contribution >= 0.6 is 23.2 Å². The third kappa shape index (κ3) is 4.29. The van der Waals surface area contributed by atoms with Crippen molar-refractivity contribution >= 4 is 34.8 Å². The van der Waals surface area contributed by atoms with E-state index in [1.807, 2.05) is 0 Å². The smallest absolute Gasteiger partial charge is 0.265 e. The minimum Gasteiger partial charge on any atom is -0.497 e. The van der Waals surface area contributed by atoms with Gasteiger partial charge in [-0.15, -0.1) is 0 Å². The average Bonchev–Trinajstić information content (AvgIpc) is 2.50. The summed E-state index contributed by atoms with van der Waals surface area (Å²) in [5, 5.41) is 3.58. The van der Waals surface area contributed by atoms with Crippen molar-refractivity contribution in [2.75, 3.05) is 12.4 Å². The normalized spacial score (nSPS) is 11.6. The maximum absolute atomic E-state index is 12.1. The monoisotopic (exact) mass is 339 g/mol. The van der Waals surface area contributed by atoms with Crippen LogP contribution in [0.4, 0.5) is 5.69 Å². The highest BCUT2D eigenvalue weighted by atomic mass is 35.5. The Morgan fingerprint density at radius 3 is 2.32 bits per heavy atom. The fourth-order valence-corrected chi connectivity index (χ4v) is 2.19. The lowest BCUT2D eigenvalue weighted by Gasteiger charge is -2.15. The van der Waals surface area contributed by atoms with Gasteiger partial charge < -0.3 is 14.8 Å². The standard InChI is InChI=1S/C16H15Cl2NO3/c1-10(22-13-6-4-12(21-2)5-7-13)16(20)19-15-8-3-11(17)9-14(15)18/h3-10H,1-2H3,(H,19,20). The number of amides is 1. The highest BCUT2D eigenvalue weighted by Crippen LogP contribution is 2.26. The van der Waals surface area contributed by atoms with Crippen molar-refractivity contribution in [2.24, 2.45) is 0 Å². The number of methoxy groups -OCH3 is 1. The first-order chi connectivity index (χ1) is 10.5. The molecule has 1 atom stereocenters. The molecule has 0 aliphatic rings. The Labute approximate surface area is 138 Å². The molecule has 1 amide bonds. The zero-order valence-corrected chi connectivity index (χ0v) is 13.6. The van der Waals surface area contributed by atoms with Crippen LogP contribution in [0.15, 0.2) is 42.5 Å². The van der Waals surface area contributed by atoms with Crippen LogP contribution in [-0.2, 0) is 4.79 Å². The van der Waals surface area contributed by atoms with Gasteiger partial charge in [0.05, 0.1) is 17.8 Å². The fraction of sp³-hybridized carbons (Fsp3) is 0.188. The van der Waals surface area contributed by atoms with Gasteiger partial charge in [-0.3, -0.25) is 4.79 Å². The first-order valence-corrected chi connectivity index (χ1v) is 7.32. The van der Waals surface area contributed by atoms with Gasteiger partial charge in [0, 0.05) is 5.02 Å². The molecule has 2 aromatic carbocycles. The lowest BCUT2D eigenvalue weighted by Crippen LogP contribution is -2.30. The van der Waals surface area contributed by atoms with Crippen molar-refractivity contribution in [3.63, 3.8) is 0 Å². The van der Waals surface area contributed by atoms with Crippen LogP contribution in [0.2, 0.25) is 10.0 Å². The van der Waals surface area contributed by atoms with Crippen molar-refractivity contribution in [3.05, 3.63) is 52.5 Å². The lowest BCUT2D eigenvalue weighted by molar-refractivity contribution is -0.122. The molecular formula is C16H15Cl2NO3. The molecule has 0 saturated heterocycles. The molecule has 6 heteroatoms. The number of rotatable bonds is 5. The number of carbonyl (C=O) groups is 1. The van der Waals surface area contributed by atoms with Crippen molar-refractivity contribution in [2.45, 2.75) is 13.0 Å². The van der Waals surface area contributed by atoms with Gasteiger partial charge in [-0.25, -0.2) is 0 Å². The highest BCUT2D eigenvalue weighted by molar-refractivity contribution is 6.36. The molecule has 2 aromatic rings. The Balaban J connectivity index is 1.99. The number of benzene rings is 2. The molecule has 1 unspecified atom stereocenters. The van der Waals surface area contributed by atoms with Crippen LogP contribution in [0.25, 0.3) is 0 Å². The van der Waals surface area contributed by atoms with E-state index < -0.39 is 6.10 Å². The molecule has 0 radical (unpaired) electrons. The topological polar surface area (TPSA) is 47.6 Å². The summed E-state index contributed by atoms with van der Waals surface area (Å²) in [5.74, 6) is 0.989. The summed E-state index contributed by atoms with van der Waals surface area (Å²) < 4.78 is 10.6. The molecular weight excluding hydrogens is 325 g/mol. The SMILES string of the molecule is COc1ccc(OC(C)C(=O)Nc2ccc(Cl)cc2Cl)cc1. The molecule has 116 valence electrons. The number of halogens is 2. The molecule has 0 bridgehead atoms. The second-order valence-electron chi connectivity index (χ2n) is 4.55. The number of anilines is 1. The molecule has 0 saturated carbocycles. The Morgan fingerprint density at radius 2 is 1.73 bits per heavy atom. The molecule has 0 aromatic heterocycles. The zero-order chi connectivity index (χ0) is 16.1. The van der Waals surface area contributed by atoms with Gasteiger partial charge >= 0.3 is 0 Å². The van der Waals surface area contributed by atoms with E-state index in [1.165, 1.54) is 0 Å². The predicted octanol–water partition coefficient (Wildman–Crippen LogP) is 4.41. The second-order valence-corrected chi connectivity index (χ2v) is 5.39. The molecule has 0 aliphatic heterocycles. The molecule has 0 fully saturated rings. The Kier molecular flexibility index (Phi) is 5.52. The molecule has 0 heterocycles. The van der Waals surface area contributed by atoms with Gasteiger partial charge in [0.15, 0.2) is 6.10 Å². The third-order valence-corrected chi connectivity index (χ3v) is 3.48. The fourth-order valence-electron chi connectivity index (χ4n) is 1.74. The van der Waals surface area contributed by atoms with Crippen LogP contribution in [0.3, 0.4) is 0 Å². The van der Waals surface area contributed by atoms with Gasteiger partial charge in [-0.2, -0.15) is 0 Å². The van der Waals surface area contributed by atoms with Crippen molar-refractivity contribution < 1.29 is 14.3 Å². The summed E-state index contributed by atoms with van der Waals surface area (Å²) in [4.78, 5) is 12.1. The maximum Gasteiger partial charge on any atom is 0.265 e. The van der Waals surface area contributed by atoms with E-state index in [0.29, 0.717) is 21.5 Å². The van der Waals surface area contributed by atoms with E-state index in [1.54, 1.807) is 56.5 Å². The van der Waals surface area contributed by atoms with Crippen LogP contribution < -0.4 is 14.8 Å². The predicted molar refractivity (Wildman–Crippen MR) is 88.2 cm³/mol. The molecule has 0 aliphatic carbocycles. The van der Waals surface area contributed by atoms with Crippen LogP contribution in [0.1, 0.15) is 6.92 Å². The van der Waals surface area contributed by atoms with Crippen LogP contribution in [0.5, 0.6) is 11.5 Å². The van der Waals surface area contributed by atoms with E-state index in [9.17, 15) is 4.79 Å². The lowest BCUT2D eigenvalue weighted by atomic mass is 10.3. The van der Waals surface area contributed by atoms with E-state index in [0.717, 1.165) is 5.75 Å². The molecule has 22 heavy (non-hydrogen) atoms. The minimum atomic E-state index is -0.680. The summed E-state index contributed by atoms with van der Waals surface area (Å²) in [6.07, 6.45) is -0.680. The van der Waals surface area contributed by atoms with E-state index >= 15 is 0 Å². The molecule has 1 N–H and O–H groups in total. The third-order valence-electron chi connectivity index (χ3n) is 2.93. The number of carbonyl (C=O) groups excluding carboxylic acids is 1. The first-order valence-electron chi connectivity index (χ1n) is 6.56. The number of hydrogen-bond acceptors (Lipinski definition) is 3. The molecule has 0 spiro atoms. The molecule has 4 nitrogen and oxygen atoms in total. The van der Waals surface area contributed by atoms with Crippen molar-refractivity contribution in [3.8, 4) is 11.5 Å². The van der Waals surface area contributed by atoms with Crippen LogP contribution in [0, 0.1) is 0 Å². The van der Waals surface area contributed by atoms with Gasteiger partial charge in [0.2, 0.25) is 0 Å². The maximum atomic E-state index is 12.1.